The maximum atomic E-state index is 13.4. The van der Waals surface area contributed by atoms with Gasteiger partial charge in [0.2, 0.25) is 11.8 Å². The van der Waals surface area contributed by atoms with Crippen LogP contribution in [0.25, 0.3) is 6.08 Å². The molecule has 0 saturated carbocycles. The van der Waals surface area contributed by atoms with Crippen molar-refractivity contribution in [3.63, 3.8) is 0 Å². The summed E-state index contributed by atoms with van der Waals surface area (Å²) in [6, 6.07) is 3.71. The quantitative estimate of drug-likeness (QED) is 0.169. The molecule has 2 saturated heterocycles. The molecule has 0 bridgehead atoms. The standard InChI is InChI=1S/C29H37BINO8/c1-6-7-16(10-17-11-21(31)26(33)23(12-17)38-4)8-9-22-24-18(15(2)3)13-19-25(20(24)14-30(37)40-22)28(35)32(27(19)34)29(36)39-5/h10-12,15,19-20,22,25,33,37H,6-9,13-14H2,1-5H3/b16-10+/t19-,20+,22-,25-/m1/s1. The average Bonchev–Trinajstić information content (AvgIpc) is 3.17. The summed E-state index contributed by atoms with van der Waals surface area (Å²) >= 11 is 2.08. The Hall–Kier alpha value is -2.38. The zero-order valence-corrected chi connectivity index (χ0v) is 25.8. The fourth-order valence-electron chi connectivity index (χ4n) is 6.50. The SMILES string of the molecule is CCC/C(=C\c1cc(I)c(O)c(OC)c1)CC[C@H]1OB(O)C[C@H]2C1=C(C(C)C)C[C@H]1C(=O)N(C(=O)OC)C(=O)[C@H]12. The molecule has 3 aliphatic rings. The molecule has 0 aromatic heterocycles. The monoisotopic (exact) mass is 665 g/mol. The van der Waals surface area contributed by atoms with E-state index in [0.717, 1.165) is 36.7 Å². The van der Waals surface area contributed by atoms with Gasteiger partial charge in [-0.15, -0.1) is 0 Å². The molecule has 2 aliphatic heterocycles. The summed E-state index contributed by atoms with van der Waals surface area (Å²) < 4.78 is 16.9. The first-order valence-corrected chi connectivity index (χ1v) is 14.9. The van der Waals surface area contributed by atoms with Crippen LogP contribution in [0.1, 0.15) is 58.4 Å². The Morgan fingerprint density at radius 3 is 2.58 bits per heavy atom. The zero-order chi connectivity index (χ0) is 29.3. The van der Waals surface area contributed by atoms with Gasteiger partial charge in [-0.25, -0.2) is 4.79 Å². The number of fused-ring (bicyclic) bond motifs is 3. The Morgan fingerprint density at radius 2 is 1.95 bits per heavy atom. The summed E-state index contributed by atoms with van der Waals surface area (Å²) in [6.45, 7) is 6.23. The van der Waals surface area contributed by atoms with Crippen LogP contribution >= 0.6 is 22.6 Å². The number of phenolic OH excluding ortho intramolecular Hbond substituents is 1. The highest BCUT2D eigenvalue weighted by atomic mass is 127. The van der Waals surface area contributed by atoms with Crippen LogP contribution in [0.2, 0.25) is 6.32 Å². The first-order chi connectivity index (χ1) is 19.0. The van der Waals surface area contributed by atoms with Gasteiger partial charge < -0.3 is 24.3 Å². The summed E-state index contributed by atoms with van der Waals surface area (Å²) in [4.78, 5) is 39.5. The number of carbonyl (C=O) groups is 3. The number of amides is 3. The molecule has 4 atom stereocenters. The van der Waals surface area contributed by atoms with Gasteiger partial charge in [-0.1, -0.05) is 44.4 Å². The summed E-state index contributed by atoms with van der Waals surface area (Å²) in [5.41, 5.74) is 4.17. The molecule has 9 nitrogen and oxygen atoms in total. The summed E-state index contributed by atoms with van der Waals surface area (Å²) in [5.74, 6) is -2.21. The second-order valence-electron chi connectivity index (χ2n) is 11.0. The number of hydrogen-bond acceptors (Lipinski definition) is 8. The van der Waals surface area contributed by atoms with Crippen molar-refractivity contribution in [1.82, 2.24) is 4.90 Å². The van der Waals surface area contributed by atoms with Crippen LogP contribution in [0.4, 0.5) is 4.79 Å². The number of aromatic hydroxyl groups is 1. The molecule has 216 valence electrons. The minimum atomic E-state index is -1.08. The molecular weight excluding hydrogens is 628 g/mol. The largest absolute Gasteiger partial charge is 0.504 e. The first kappa shape index (κ1) is 30.6. The van der Waals surface area contributed by atoms with Gasteiger partial charge in [0.05, 0.1) is 35.7 Å². The van der Waals surface area contributed by atoms with E-state index in [1.165, 1.54) is 12.7 Å². The third-order valence-corrected chi connectivity index (χ3v) is 9.06. The molecule has 4 rings (SSSR count). The lowest BCUT2D eigenvalue weighted by Crippen LogP contribution is -2.46. The molecule has 11 heteroatoms. The number of hydrogen-bond donors (Lipinski definition) is 2. The number of halogens is 1. The van der Waals surface area contributed by atoms with E-state index >= 15 is 0 Å². The van der Waals surface area contributed by atoms with Gasteiger partial charge in [-0.2, -0.15) is 4.90 Å². The smallest absolute Gasteiger partial charge is 0.455 e. The van der Waals surface area contributed by atoms with Crippen LogP contribution in [0.15, 0.2) is 28.9 Å². The van der Waals surface area contributed by atoms with Crippen molar-refractivity contribution in [2.75, 3.05) is 14.2 Å². The number of benzene rings is 1. The number of nitrogens with zero attached hydrogens (tertiary/aromatic N) is 1. The lowest BCUT2D eigenvalue weighted by molar-refractivity contribution is -0.137. The second-order valence-corrected chi connectivity index (χ2v) is 12.2. The van der Waals surface area contributed by atoms with Crippen molar-refractivity contribution in [3.05, 3.63) is 38.0 Å². The lowest BCUT2D eigenvalue weighted by atomic mass is 9.57. The van der Waals surface area contributed by atoms with Crippen molar-refractivity contribution in [2.45, 2.75) is 65.3 Å². The van der Waals surface area contributed by atoms with Crippen LogP contribution in [0, 0.1) is 27.2 Å². The third-order valence-electron chi connectivity index (χ3n) is 8.24. The molecule has 0 unspecified atom stereocenters. The molecule has 1 aliphatic carbocycles. The Morgan fingerprint density at radius 1 is 1.23 bits per heavy atom. The van der Waals surface area contributed by atoms with E-state index in [-0.39, 0.29) is 18.0 Å². The normalized spacial score (nSPS) is 24.9. The van der Waals surface area contributed by atoms with Crippen molar-refractivity contribution in [1.29, 1.82) is 0 Å². The van der Waals surface area contributed by atoms with Crippen molar-refractivity contribution < 1.29 is 38.6 Å². The molecular formula is C29H37BINO8. The molecule has 2 heterocycles. The van der Waals surface area contributed by atoms with Crippen LogP contribution < -0.4 is 4.74 Å². The molecule has 40 heavy (non-hydrogen) atoms. The van der Waals surface area contributed by atoms with Crippen LogP contribution in [-0.4, -0.2) is 60.4 Å². The summed E-state index contributed by atoms with van der Waals surface area (Å²) in [7, 11) is 1.59. The van der Waals surface area contributed by atoms with Gasteiger partial charge in [0, 0.05) is 0 Å². The summed E-state index contributed by atoms with van der Waals surface area (Å²) in [5, 5.41) is 21.0. The van der Waals surface area contributed by atoms with E-state index in [9.17, 15) is 24.5 Å². The van der Waals surface area contributed by atoms with Gasteiger partial charge in [0.25, 0.3) is 0 Å². The molecule has 2 N–H and O–H groups in total. The number of imide groups is 3. The molecule has 1 aromatic rings. The number of carbonyl (C=O) groups excluding carboxylic acids is 3. The van der Waals surface area contributed by atoms with Gasteiger partial charge in [0.1, 0.15) is 0 Å². The second kappa shape index (κ2) is 12.6. The van der Waals surface area contributed by atoms with Crippen LogP contribution in [0.5, 0.6) is 11.5 Å². The maximum absolute atomic E-state index is 13.4. The Labute approximate surface area is 249 Å². The Kier molecular flexibility index (Phi) is 9.67. The highest BCUT2D eigenvalue weighted by molar-refractivity contribution is 14.1. The Bertz CT molecular complexity index is 1240. The molecule has 3 amide bonds. The van der Waals surface area contributed by atoms with E-state index in [4.69, 9.17) is 14.1 Å². The van der Waals surface area contributed by atoms with Crippen LogP contribution in [0.3, 0.4) is 0 Å². The van der Waals surface area contributed by atoms with Gasteiger partial charge in [-0.3, -0.25) is 9.59 Å². The minimum absolute atomic E-state index is 0.104. The van der Waals surface area contributed by atoms with E-state index in [0.29, 0.717) is 33.5 Å². The molecule has 0 radical (unpaired) electrons. The van der Waals surface area contributed by atoms with E-state index in [1.54, 1.807) is 6.07 Å². The van der Waals surface area contributed by atoms with E-state index in [2.05, 4.69) is 49.4 Å². The van der Waals surface area contributed by atoms with Gasteiger partial charge in [-0.05, 0) is 89.7 Å². The van der Waals surface area contributed by atoms with Gasteiger partial charge >= 0.3 is 13.2 Å². The van der Waals surface area contributed by atoms with Crippen LogP contribution in [-0.2, 0) is 19.0 Å². The number of ether oxygens (including phenoxy) is 2. The minimum Gasteiger partial charge on any atom is -0.504 e. The van der Waals surface area contributed by atoms with E-state index in [1.807, 2.05) is 6.07 Å². The lowest BCUT2D eigenvalue weighted by Gasteiger charge is -2.44. The first-order valence-electron chi connectivity index (χ1n) is 13.8. The average molecular weight is 665 g/mol. The van der Waals surface area contributed by atoms with Crippen molar-refractivity contribution >= 4 is 53.7 Å². The number of rotatable bonds is 8. The molecule has 2 fully saturated rings. The predicted molar refractivity (Wildman–Crippen MR) is 158 cm³/mol. The highest BCUT2D eigenvalue weighted by Crippen LogP contribution is 2.52. The molecule has 1 aromatic carbocycles. The maximum Gasteiger partial charge on any atom is 0.455 e. The topological polar surface area (TPSA) is 123 Å². The third kappa shape index (κ3) is 5.83. The molecule has 0 spiro atoms. The van der Waals surface area contributed by atoms with Crippen molar-refractivity contribution in [2.24, 2.45) is 23.7 Å². The van der Waals surface area contributed by atoms with E-state index < -0.39 is 48.9 Å². The number of methoxy groups -OCH3 is 2. The number of phenols is 1. The fraction of sp³-hybridized carbons (Fsp3) is 0.552. The zero-order valence-electron chi connectivity index (χ0n) is 23.6. The fourth-order valence-corrected chi connectivity index (χ4v) is 7.12. The van der Waals surface area contributed by atoms with Crippen molar-refractivity contribution in [3.8, 4) is 11.5 Å². The predicted octanol–water partition coefficient (Wildman–Crippen LogP) is 5.19. The summed E-state index contributed by atoms with van der Waals surface area (Å²) in [6.07, 6.45) is 4.39. The number of allylic oxidation sites excluding steroid dienone is 2. The number of likely N-dealkylation sites (tertiary alicyclic amines) is 1. The van der Waals surface area contributed by atoms with Gasteiger partial charge in [0.15, 0.2) is 11.5 Å². The highest BCUT2D eigenvalue weighted by Gasteiger charge is 2.59. The Balaban J connectivity index is 1.65.